The van der Waals surface area contributed by atoms with E-state index in [9.17, 15) is 14.4 Å². The first kappa shape index (κ1) is 23.9. The van der Waals surface area contributed by atoms with Crippen molar-refractivity contribution in [1.29, 1.82) is 0 Å². The Labute approximate surface area is 204 Å². The number of hydrogen-bond acceptors (Lipinski definition) is 8. The van der Waals surface area contributed by atoms with Crippen LogP contribution < -0.4 is 21.7 Å². The van der Waals surface area contributed by atoms with Crippen molar-refractivity contribution >= 4 is 52.0 Å². The second-order valence-electron chi connectivity index (χ2n) is 7.90. The third-order valence-electron chi connectivity index (χ3n) is 5.60. The fourth-order valence-corrected chi connectivity index (χ4v) is 5.43. The summed E-state index contributed by atoms with van der Waals surface area (Å²) in [6, 6.07) is 9.95. The molecular formula is C23H25N5O4S2. The van der Waals surface area contributed by atoms with Crippen LogP contribution in [0.4, 0.5) is 11.4 Å². The summed E-state index contributed by atoms with van der Waals surface area (Å²) in [5.41, 5.74) is 12.5. The number of rotatable bonds is 8. The number of para-hydroxylation sites is 1. The van der Waals surface area contributed by atoms with Crippen LogP contribution in [0.3, 0.4) is 0 Å². The largest absolute Gasteiger partial charge is 0.395 e. The maximum atomic E-state index is 13.9. The van der Waals surface area contributed by atoms with E-state index in [0.717, 1.165) is 29.9 Å². The number of thiophene rings is 1. The molecule has 2 unspecified atom stereocenters. The van der Waals surface area contributed by atoms with Crippen molar-refractivity contribution < 1.29 is 19.1 Å². The van der Waals surface area contributed by atoms with Gasteiger partial charge < -0.3 is 21.5 Å². The van der Waals surface area contributed by atoms with Gasteiger partial charge in [0.2, 0.25) is 5.91 Å². The first-order chi connectivity index (χ1) is 16.4. The zero-order valence-corrected chi connectivity index (χ0v) is 20.2. The molecule has 3 aromatic rings. The van der Waals surface area contributed by atoms with Crippen LogP contribution in [-0.2, 0) is 9.53 Å². The first-order valence-electron chi connectivity index (χ1n) is 10.7. The van der Waals surface area contributed by atoms with E-state index in [2.05, 4.69) is 9.69 Å². The quantitative estimate of drug-likeness (QED) is 0.435. The third-order valence-corrected chi connectivity index (χ3v) is 7.37. The normalized spacial score (nSPS) is 16.2. The molecule has 0 saturated carbocycles. The maximum absolute atomic E-state index is 13.9. The summed E-state index contributed by atoms with van der Waals surface area (Å²) in [7, 11) is 0. The zero-order valence-electron chi connectivity index (χ0n) is 18.5. The van der Waals surface area contributed by atoms with Crippen molar-refractivity contribution in [2.24, 2.45) is 5.73 Å². The molecule has 1 aliphatic heterocycles. The number of aryl methyl sites for hydroxylation is 1. The number of amides is 3. The van der Waals surface area contributed by atoms with Crippen molar-refractivity contribution in [1.82, 2.24) is 9.69 Å². The molecule has 2 aromatic heterocycles. The lowest BCUT2D eigenvalue weighted by Gasteiger charge is -2.31. The van der Waals surface area contributed by atoms with Gasteiger partial charge in [0.05, 0.1) is 11.8 Å². The lowest BCUT2D eigenvalue weighted by Crippen LogP contribution is -2.45. The Kier molecular flexibility index (Phi) is 7.25. The monoisotopic (exact) mass is 499 g/mol. The molecular weight excluding hydrogens is 474 g/mol. The summed E-state index contributed by atoms with van der Waals surface area (Å²) in [5, 5.41) is 4.81. The number of hydrogen-bond donors (Lipinski definition) is 3. The number of ether oxygens (including phenoxy) is 1. The molecule has 3 heterocycles. The van der Waals surface area contributed by atoms with Crippen molar-refractivity contribution in [3.63, 3.8) is 0 Å². The van der Waals surface area contributed by atoms with Crippen LogP contribution >= 0.6 is 22.9 Å². The van der Waals surface area contributed by atoms with Gasteiger partial charge in [-0.15, -0.1) is 11.3 Å². The second kappa shape index (κ2) is 10.3. The number of aromatic nitrogens is 1. The highest BCUT2D eigenvalue weighted by Crippen LogP contribution is 2.36. The van der Waals surface area contributed by atoms with Crippen molar-refractivity contribution in [3.05, 3.63) is 62.8 Å². The van der Waals surface area contributed by atoms with E-state index in [1.165, 1.54) is 16.2 Å². The van der Waals surface area contributed by atoms with Gasteiger partial charge in [-0.25, -0.2) is 0 Å². The number of benzene rings is 1. The number of nitrogens with two attached hydrogens (primary N) is 2. The maximum Gasteiger partial charge on any atom is 0.273 e. The number of anilines is 2. The molecule has 0 aliphatic carbocycles. The van der Waals surface area contributed by atoms with E-state index < -0.39 is 17.9 Å². The molecule has 0 radical (unpaired) electrons. The van der Waals surface area contributed by atoms with Gasteiger partial charge in [-0.2, -0.15) is 4.37 Å². The van der Waals surface area contributed by atoms with Crippen LogP contribution in [0.5, 0.6) is 0 Å². The molecule has 1 aromatic carbocycles. The molecule has 4 rings (SSSR count). The number of nitrogens with one attached hydrogen (secondary N) is 1. The average molecular weight is 500 g/mol. The average Bonchev–Trinajstić information content (AvgIpc) is 3.58. The fraction of sp³-hybridized carbons (Fsp3) is 0.304. The lowest BCUT2D eigenvalue weighted by molar-refractivity contribution is -0.122. The van der Waals surface area contributed by atoms with Gasteiger partial charge in [-0.1, -0.05) is 24.3 Å². The summed E-state index contributed by atoms with van der Waals surface area (Å²) in [6.45, 7) is 2.89. The van der Waals surface area contributed by atoms with E-state index in [0.29, 0.717) is 23.7 Å². The van der Waals surface area contributed by atoms with Crippen LogP contribution in [0.2, 0.25) is 0 Å². The van der Waals surface area contributed by atoms with Crippen LogP contribution in [0.15, 0.2) is 41.8 Å². The molecule has 11 heteroatoms. The van der Waals surface area contributed by atoms with Crippen molar-refractivity contribution in [3.8, 4) is 0 Å². The Hall–Kier alpha value is -3.28. The van der Waals surface area contributed by atoms with E-state index in [1.807, 2.05) is 36.6 Å². The molecule has 3 amide bonds. The van der Waals surface area contributed by atoms with E-state index in [1.54, 1.807) is 12.1 Å². The van der Waals surface area contributed by atoms with Gasteiger partial charge in [0.25, 0.3) is 11.8 Å². The highest BCUT2D eigenvalue weighted by Gasteiger charge is 2.37. The summed E-state index contributed by atoms with van der Waals surface area (Å²) >= 11 is 2.16. The SMILES string of the molecule is Cc1ccccc1N(C(=O)c1snc(C(N)=O)c1N)C(C(=O)NCC1CCCO1)c1cccs1. The molecule has 1 fully saturated rings. The molecule has 2 atom stereocenters. The molecule has 5 N–H and O–H groups in total. The minimum Gasteiger partial charge on any atom is -0.395 e. The van der Waals surface area contributed by atoms with Crippen LogP contribution in [0, 0.1) is 6.92 Å². The number of nitrogens with zero attached hydrogens (tertiary/aromatic N) is 2. The van der Waals surface area contributed by atoms with E-state index in [4.69, 9.17) is 16.2 Å². The van der Waals surface area contributed by atoms with Gasteiger partial charge in [0.15, 0.2) is 11.7 Å². The lowest BCUT2D eigenvalue weighted by atomic mass is 10.1. The standard InChI is InChI=1S/C23H25N5O4S2/c1-13-6-2-3-8-15(13)28(23(31)20-17(24)18(21(25)29)27-34-20)19(16-9-5-11-33-16)22(30)26-12-14-7-4-10-32-14/h2-3,5-6,8-9,11,14,19H,4,7,10,12,24H2,1H3,(H2,25,29)(H,26,30). The summed E-state index contributed by atoms with van der Waals surface area (Å²) < 4.78 is 9.61. The number of carbonyl (C=O) groups excluding carboxylic acids is 3. The predicted octanol–water partition coefficient (Wildman–Crippen LogP) is 2.88. The highest BCUT2D eigenvalue weighted by molar-refractivity contribution is 7.10. The Morgan fingerprint density at radius 2 is 2.06 bits per heavy atom. The molecule has 9 nitrogen and oxygen atoms in total. The number of carbonyl (C=O) groups is 3. The van der Waals surface area contributed by atoms with Gasteiger partial charge in [0, 0.05) is 23.7 Å². The zero-order chi connectivity index (χ0) is 24.2. The number of primary amides is 1. The smallest absolute Gasteiger partial charge is 0.273 e. The Morgan fingerprint density at radius 1 is 1.26 bits per heavy atom. The molecule has 0 bridgehead atoms. The van der Waals surface area contributed by atoms with Crippen LogP contribution in [0.1, 0.15) is 49.5 Å². The Balaban J connectivity index is 1.77. The second-order valence-corrected chi connectivity index (χ2v) is 9.65. The topological polar surface area (TPSA) is 141 Å². The fourth-order valence-electron chi connectivity index (χ4n) is 3.87. The van der Waals surface area contributed by atoms with E-state index in [-0.39, 0.29) is 28.3 Å². The molecule has 34 heavy (non-hydrogen) atoms. The van der Waals surface area contributed by atoms with Gasteiger partial charge in [-0.05, 0) is 54.4 Å². The molecule has 1 aliphatic rings. The third kappa shape index (κ3) is 4.81. The van der Waals surface area contributed by atoms with E-state index >= 15 is 0 Å². The summed E-state index contributed by atoms with van der Waals surface area (Å²) in [4.78, 5) is 41.3. The minimum absolute atomic E-state index is 0.0468. The number of nitrogen functional groups attached to an aromatic ring is 1. The van der Waals surface area contributed by atoms with Gasteiger partial charge in [-0.3, -0.25) is 19.3 Å². The Morgan fingerprint density at radius 3 is 2.68 bits per heavy atom. The van der Waals surface area contributed by atoms with Crippen LogP contribution in [0.25, 0.3) is 0 Å². The Bertz CT molecular complexity index is 1190. The van der Waals surface area contributed by atoms with Gasteiger partial charge in [0.1, 0.15) is 4.88 Å². The molecule has 1 saturated heterocycles. The van der Waals surface area contributed by atoms with Gasteiger partial charge >= 0.3 is 0 Å². The predicted molar refractivity (Wildman–Crippen MR) is 132 cm³/mol. The molecule has 178 valence electrons. The van der Waals surface area contributed by atoms with Crippen LogP contribution in [-0.4, -0.2) is 41.4 Å². The molecule has 0 spiro atoms. The minimum atomic E-state index is -0.964. The summed E-state index contributed by atoms with van der Waals surface area (Å²) in [6.07, 6.45) is 1.78. The van der Waals surface area contributed by atoms with Crippen molar-refractivity contribution in [2.45, 2.75) is 31.9 Å². The first-order valence-corrected chi connectivity index (χ1v) is 12.4. The summed E-state index contributed by atoms with van der Waals surface area (Å²) in [5.74, 6) is -1.70. The highest BCUT2D eigenvalue weighted by atomic mass is 32.1. The van der Waals surface area contributed by atoms with Crippen molar-refractivity contribution in [2.75, 3.05) is 23.8 Å².